The number of piperidine rings is 2. The molecule has 1 spiro atoms. The van der Waals surface area contributed by atoms with E-state index in [1.54, 1.807) is 24.5 Å². The normalized spacial score (nSPS) is 21.9. The van der Waals surface area contributed by atoms with E-state index >= 15 is 0 Å². The molecule has 3 aromatic rings. The van der Waals surface area contributed by atoms with E-state index in [4.69, 9.17) is 0 Å². The number of carbonyl (C=O) groups is 1. The molecule has 7 nitrogen and oxygen atoms in total. The summed E-state index contributed by atoms with van der Waals surface area (Å²) in [6.07, 6.45) is 9.42. The monoisotopic (exact) mass is 405 g/mol. The third-order valence-corrected chi connectivity index (χ3v) is 6.60. The van der Waals surface area contributed by atoms with Crippen LogP contribution >= 0.6 is 0 Å². The van der Waals surface area contributed by atoms with Crippen LogP contribution in [0, 0.1) is 5.41 Å². The molecule has 3 aromatic heterocycles. The summed E-state index contributed by atoms with van der Waals surface area (Å²) in [7, 11) is 0. The Balaban J connectivity index is 1.24. The van der Waals surface area contributed by atoms with E-state index in [1.165, 1.54) is 5.56 Å². The molecular weight excluding hydrogens is 378 g/mol. The summed E-state index contributed by atoms with van der Waals surface area (Å²) in [6, 6.07) is 7.82. The molecule has 1 amide bonds. The van der Waals surface area contributed by atoms with E-state index in [0.29, 0.717) is 18.7 Å². The topological polar surface area (TPSA) is 85.3 Å². The van der Waals surface area contributed by atoms with Gasteiger partial charge in [0.2, 0.25) is 0 Å². The van der Waals surface area contributed by atoms with Crippen LogP contribution in [0.15, 0.2) is 49.1 Å². The van der Waals surface area contributed by atoms with Crippen molar-refractivity contribution in [3.8, 4) is 0 Å². The molecule has 2 N–H and O–H groups in total. The summed E-state index contributed by atoms with van der Waals surface area (Å²) in [5.41, 5.74) is 2.72. The molecule has 5 heterocycles. The number of hydrogen-bond acceptors (Lipinski definition) is 5. The number of fused-ring (bicyclic) bond motifs is 1. The number of aliphatic hydroxyl groups excluding tert-OH is 1. The van der Waals surface area contributed by atoms with E-state index in [9.17, 15) is 9.90 Å². The van der Waals surface area contributed by atoms with Crippen LogP contribution in [-0.4, -0.2) is 68.0 Å². The highest BCUT2D eigenvalue weighted by atomic mass is 16.3. The number of aromatic amines is 1. The molecular formula is C23H27N5O2. The van der Waals surface area contributed by atoms with Crippen LogP contribution in [0.25, 0.3) is 11.0 Å². The number of β-amino-alcohol motifs (C(OH)–C–C–N with tert-alkyl or cyclic N) is 1. The SMILES string of the molecule is O=C(c1cccnc1)N1CC(O)CC2(CCN(Cc3cnc4[nH]ccc4c3)CC2)C1. The van der Waals surface area contributed by atoms with Gasteiger partial charge in [-0.1, -0.05) is 0 Å². The third-order valence-electron chi connectivity index (χ3n) is 6.60. The van der Waals surface area contributed by atoms with Gasteiger partial charge in [0.15, 0.2) is 0 Å². The average molecular weight is 406 g/mol. The van der Waals surface area contributed by atoms with Gasteiger partial charge in [0, 0.05) is 49.8 Å². The average Bonchev–Trinajstić information content (AvgIpc) is 3.23. The largest absolute Gasteiger partial charge is 0.391 e. The maximum atomic E-state index is 12.9. The first kappa shape index (κ1) is 19.2. The van der Waals surface area contributed by atoms with Crippen molar-refractivity contribution in [3.63, 3.8) is 0 Å². The summed E-state index contributed by atoms with van der Waals surface area (Å²) in [6.45, 7) is 3.93. The second-order valence-electron chi connectivity index (χ2n) is 8.82. The van der Waals surface area contributed by atoms with Crippen molar-refractivity contribution in [2.75, 3.05) is 26.2 Å². The minimum Gasteiger partial charge on any atom is -0.391 e. The lowest BCUT2D eigenvalue weighted by Gasteiger charge is -2.49. The second kappa shape index (κ2) is 7.81. The van der Waals surface area contributed by atoms with Crippen molar-refractivity contribution in [1.29, 1.82) is 0 Å². The van der Waals surface area contributed by atoms with Gasteiger partial charge in [0.1, 0.15) is 5.65 Å². The summed E-state index contributed by atoms with van der Waals surface area (Å²) in [4.78, 5) is 28.9. The van der Waals surface area contributed by atoms with E-state index < -0.39 is 6.10 Å². The molecule has 0 radical (unpaired) electrons. The Morgan fingerprint density at radius 3 is 2.93 bits per heavy atom. The first-order valence-corrected chi connectivity index (χ1v) is 10.6. The molecule has 1 unspecified atom stereocenters. The van der Waals surface area contributed by atoms with Crippen molar-refractivity contribution >= 4 is 16.9 Å². The molecule has 0 aliphatic carbocycles. The second-order valence-corrected chi connectivity index (χ2v) is 8.82. The molecule has 2 aliphatic heterocycles. The lowest BCUT2D eigenvalue weighted by Crippen LogP contribution is -2.55. The first-order chi connectivity index (χ1) is 14.6. The molecule has 2 fully saturated rings. The van der Waals surface area contributed by atoms with Crippen molar-refractivity contribution in [2.45, 2.75) is 31.9 Å². The van der Waals surface area contributed by atoms with E-state index in [2.05, 4.69) is 25.9 Å². The highest BCUT2D eigenvalue weighted by Crippen LogP contribution is 2.40. The Labute approximate surface area is 175 Å². The molecule has 5 rings (SSSR count). The van der Waals surface area contributed by atoms with Gasteiger partial charge in [-0.05, 0) is 67.6 Å². The Morgan fingerprint density at radius 2 is 2.13 bits per heavy atom. The number of hydrogen-bond donors (Lipinski definition) is 2. The van der Waals surface area contributed by atoms with Gasteiger partial charge < -0.3 is 15.0 Å². The van der Waals surface area contributed by atoms with E-state index in [-0.39, 0.29) is 11.3 Å². The Bertz CT molecular complexity index is 1030. The number of nitrogens with zero attached hydrogens (tertiary/aromatic N) is 4. The lowest BCUT2D eigenvalue weighted by atomic mass is 9.71. The van der Waals surface area contributed by atoms with Gasteiger partial charge >= 0.3 is 0 Å². The predicted molar refractivity (Wildman–Crippen MR) is 114 cm³/mol. The lowest BCUT2D eigenvalue weighted by molar-refractivity contribution is -0.0337. The Hall–Kier alpha value is -2.77. The van der Waals surface area contributed by atoms with Gasteiger partial charge in [-0.15, -0.1) is 0 Å². The van der Waals surface area contributed by atoms with E-state index in [0.717, 1.165) is 49.9 Å². The smallest absolute Gasteiger partial charge is 0.255 e. The van der Waals surface area contributed by atoms with Crippen LogP contribution in [0.1, 0.15) is 35.2 Å². The van der Waals surface area contributed by atoms with Crippen LogP contribution in [0.3, 0.4) is 0 Å². The summed E-state index contributed by atoms with van der Waals surface area (Å²) < 4.78 is 0. The number of carbonyl (C=O) groups excluding carboxylic acids is 1. The highest BCUT2D eigenvalue weighted by Gasteiger charge is 2.42. The zero-order chi connectivity index (χ0) is 20.6. The van der Waals surface area contributed by atoms with E-state index in [1.807, 2.05) is 23.4 Å². The zero-order valence-corrected chi connectivity index (χ0v) is 17.0. The zero-order valence-electron chi connectivity index (χ0n) is 17.0. The van der Waals surface area contributed by atoms with Crippen molar-refractivity contribution in [3.05, 3.63) is 60.2 Å². The maximum absolute atomic E-state index is 12.9. The summed E-state index contributed by atoms with van der Waals surface area (Å²) in [5.74, 6) is -0.0328. The molecule has 30 heavy (non-hydrogen) atoms. The molecule has 2 saturated heterocycles. The molecule has 0 bridgehead atoms. The summed E-state index contributed by atoms with van der Waals surface area (Å²) >= 11 is 0. The van der Waals surface area contributed by atoms with Crippen LogP contribution in [0.5, 0.6) is 0 Å². The first-order valence-electron chi connectivity index (χ1n) is 10.6. The third kappa shape index (κ3) is 3.82. The number of aromatic nitrogens is 3. The van der Waals surface area contributed by atoms with Gasteiger partial charge in [-0.3, -0.25) is 14.7 Å². The van der Waals surface area contributed by atoms with Gasteiger partial charge in [-0.25, -0.2) is 4.98 Å². The predicted octanol–water partition coefficient (Wildman–Crippen LogP) is 2.45. The van der Waals surface area contributed by atoms with Crippen LogP contribution in [0.4, 0.5) is 0 Å². The molecule has 2 aliphatic rings. The number of amides is 1. The molecule has 1 atom stereocenters. The Morgan fingerprint density at radius 1 is 1.27 bits per heavy atom. The number of nitrogens with one attached hydrogen (secondary N) is 1. The fourth-order valence-electron chi connectivity index (χ4n) is 5.06. The number of pyridine rings is 2. The minimum atomic E-state index is -0.467. The van der Waals surface area contributed by atoms with Crippen LogP contribution in [0.2, 0.25) is 0 Å². The van der Waals surface area contributed by atoms with Crippen LogP contribution in [-0.2, 0) is 6.54 Å². The van der Waals surface area contributed by atoms with Crippen molar-refractivity contribution < 1.29 is 9.90 Å². The number of H-pyrrole nitrogens is 1. The van der Waals surface area contributed by atoms with Gasteiger partial charge in [0.05, 0.1) is 11.7 Å². The maximum Gasteiger partial charge on any atom is 0.255 e. The van der Waals surface area contributed by atoms with Crippen molar-refractivity contribution in [2.24, 2.45) is 5.41 Å². The number of aliphatic hydroxyl groups is 1. The van der Waals surface area contributed by atoms with Crippen molar-refractivity contribution in [1.82, 2.24) is 24.8 Å². The van der Waals surface area contributed by atoms with Gasteiger partial charge in [0.25, 0.3) is 5.91 Å². The van der Waals surface area contributed by atoms with Crippen LogP contribution < -0.4 is 0 Å². The number of rotatable bonds is 3. The summed E-state index contributed by atoms with van der Waals surface area (Å²) in [5, 5.41) is 11.7. The minimum absolute atomic E-state index is 0.00508. The Kier molecular flexibility index (Phi) is 5.00. The molecule has 0 aromatic carbocycles. The molecule has 0 saturated carbocycles. The van der Waals surface area contributed by atoms with Gasteiger partial charge in [-0.2, -0.15) is 0 Å². The fourth-order valence-corrected chi connectivity index (χ4v) is 5.06. The number of likely N-dealkylation sites (tertiary alicyclic amines) is 2. The molecule has 7 heteroatoms. The fraction of sp³-hybridized carbons (Fsp3) is 0.435. The quantitative estimate of drug-likeness (QED) is 0.699. The standard InChI is InChI=1S/C23H27N5O2/c29-20-11-23(16-28(15-20)22(30)19-2-1-6-24-13-19)4-8-27(9-5-23)14-17-10-18-3-7-25-21(18)26-12-17/h1-3,6-7,10,12-13,20,29H,4-5,8-9,11,14-16H2,(H,25,26). The highest BCUT2D eigenvalue weighted by molar-refractivity contribution is 5.94. The molecule has 156 valence electrons.